The molecule has 3 aromatic rings. The molecule has 0 radical (unpaired) electrons. The maximum Gasteiger partial charge on any atom is 0.270 e. The summed E-state index contributed by atoms with van der Waals surface area (Å²) in [6.45, 7) is 0. The second-order valence-electron chi connectivity index (χ2n) is 5.76. The Labute approximate surface area is 162 Å². The number of non-ortho nitro benzene ring substituents is 1. The number of nitro benzene ring substituents is 1. The maximum atomic E-state index is 13.7. The van der Waals surface area contributed by atoms with E-state index in [4.69, 9.17) is 4.42 Å². The summed E-state index contributed by atoms with van der Waals surface area (Å²) in [5.74, 6) is -2.27. The molecule has 1 heterocycles. The molecular weight excluding hydrogens is 384 g/mol. The van der Waals surface area contributed by atoms with Gasteiger partial charge in [-0.3, -0.25) is 14.9 Å². The Kier molecular flexibility index (Phi) is 5.46. The van der Waals surface area contributed by atoms with E-state index in [2.05, 4.69) is 5.32 Å². The van der Waals surface area contributed by atoms with Gasteiger partial charge in [-0.1, -0.05) is 12.1 Å². The summed E-state index contributed by atoms with van der Waals surface area (Å²) in [6, 6.07) is 13.0. The number of amides is 1. The number of nitriles is 1. The van der Waals surface area contributed by atoms with E-state index in [1.807, 2.05) is 0 Å². The first kappa shape index (κ1) is 19.4. The van der Waals surface area contributed by atoms with E-state index in [0.29, 0.717) is 17.4 Å². The molecule has 0 aliphatic heterocycles. The van der Waals surface area contributed by atoms with E-state index in [9.17, 15) is 29.0 Å². The summed E-state index contributed by atoms with van der Waals surface area (Å²) in [4.78, 5) is 22.5. The Morgan fingerprint density at radius 1 is 1.17 bits per heavy atom. The molecule has 0 unspecified atom stereocenters. The van der Waals surface area contributed by atoms with Crippen LogP contribution in [0.4, 0.5) is 20.2 Å². The normalized spacial score (nSPS) is 11.0. The molecule has 7 nitrogen and oxygen atoms in total. The lowest BCUT2D eigenvalue weighted by Gasteiger charge is -2.05. The lowest BCUT2D eigenvalue weighted by Crippen LogP contribution is -2.14. The van der Waals surface area contributed by atoms with Crippen molar-refractivity contribution in [3.63, 3.8) is 0 Å². The maximum absolute atomic E-state index is 13.7. The highest BCUT2D eigenvalue weighted by Gasteiger charge is 2.15. The number of nitrogens with zero attached hydrogens (tertiary/aromatic N) is 2. The molecule has 0 atom stereocenters. The minimum absolute atomic E-state index is 0.116. The first-order valence-electron chi connectivity index (χ1n) is 8.10. The zero-order chi connectivity index (χ0) is 21.0. The monoisotopic (exact) mass is 395 g/mol. The van der Waals surface area contributed by atoms with Crippen molar-refractivity contribution in [3.8, 4) is 17.4 Å². The standard InChI is InChI=1S/C20H11F2N3O4/c21-14-4-6-18(17(22)10-14)24-20(26)13(11-23)9-16-5-7-19(29-16)12-2-1-3-15(8-12)25(27)28/h1-10H,(H,24,26)/b13-9+. The summed E-state index contributed by atoms with van der Waals surface area (Å²) in [5.41, 5.74) is -0.340. The molecule has 1 amide bonds. The van der Waals surface area contributed by atoms with Gasteiger partial charge in [0.25, 0.3) is 11.6 Å². The SMILES string of the molecule is N#C/C(=C\c1ccc(-c2cccc([N+](=O)[O-])c2)o1)C(=O)Nc1ccc(F)cc1F. The fourth-order valence-electron chi connectivity index (χ4n) is 2.43. The summed E-state index contributed by atoms with van der Waals surface area (Å²) in [7, 11) is 0. The topological polar surface area (TPSA) is 109 Å². The smallest absolute Gasteiger partial charge is 0.270 e. The molecule has 0 aliphatic carbocycles. The number of carbonyl (C=O) groups excluding carboxylic acids is 1. The van der Waals surface area contributed by atoms with Gasteiger partial charge < -0.3 is 9.73 Å². The van der Waals surface area contributed by atoms with Crippen LogP contribution < -0.4 is 5.32 Å². The van der Waals surface area contributed by atoms with Crippen molar-refractivity contribution in [1.82, 2.24) is 0 Å². The second kappa shape index (κ2) is 8.14. The van der Waals surface area contributed by atoms with Crippen LogP contribution in [0.5, 0.6) is 0 Å². The van der Waals surface area contributed by atoms with Crippen molar-refractivity contribution in [2.75, 3.05) is 5.32 Å². The van der Waals surface area contributed by atoms with E-state index >= 15 is 0 Å². The molecule has 144 valence electrons. The third kappa shape index (κ3) is 4.51. The highest BCUT2D eigenvalue weighted by atomic mass is 19.1. The molecule has 0 bridgehead atoms. The first-order chi connectivity index (χ1) is 13.9. The number of anilines is 1. The molecule has 9 heteroatoms. The minimum Gasteiger partial charge on any atom is -0.457 e. The molecule has 3 rings (SSSR count). The fraction of sp³-hybridized carbons (Fsp3) is 0. The van der Waals surface area contributed by atoms with Crippen molar-refractivity contribution < 1.29 is 22.9 Å². The van der Waals surface area contributed by atoms with Crippen LogP contribution in [0.2, 0.25) is 0 Å². The third-order valence-corrected chi connectivity index (χ3v) is 3.80. The number of nitrogens with one attached hydrogen (secondary N) is 1. The van der Waals surface area contributed by atoms with Crippen LogP contribution in [0.25, 0.3) is 17.4 Å². The van der Waals surface area contributed by atoms with Crippen molar-refractivity contribution in [2.24, 2.45) is 0 Å². The Bertz CT molecular complexity index is 1180. The number of hydrogen-bond acceptors (Lipinski definition) is 5. The summed E-state index contributed by atoms with van der Waals surface area (Å²) < 4.78 is 32.1. The Morgan fingerprint density at radius 3 is 2.66 bits per heavy atom. The van der Waals surface area contributed by atoms with Crippen LogP contribution in [-0.2, 0) is 4.79 Å². The van der Waals surface area contributed by atoms with Gasteiger partial charge in [0.1, 0.15) is 34.8 Å². The van der Waals surface area contributed by atoms with Crippen molar-refractivity contribution in [3.05, 3.63) is 87.7 Å². The number of benzene rings is 2. The van der Waals surface area contributed by atoms with Gasteiger partial charge in [-0.05, 0) is 24.3 Å². The number of rotatable bonds is 5. The number of furan rings is 1. The largest absolute Gasteiger partial charge is 0.457 e. The van der Waals surface area contributed by atoms with Gasteiger partial charge in [0, 0.05) is 29.8 Å². The van der Waals surface area contributed by atoms with Gasteiger partial charge >= 0.3 is 0 Å². The van der Waals surface area contributed by atoms with Gasteiger partial charge in [-0.15, -0.1) is 0 Å². The molecule has 1 aromatic heterocycles. The lowest BCUT2D eigenvalue weighted by molar-refractivity contribution is -0.384. The van der Waals surface area contributed by atoms with Crippen LogP contribution in [0.15, 0.2) is 64.6 Å². The Hall–Kier alpha value is -4.32. The van der Waals surface area contributed by atoms with Crippen molar-refractivity contribution in [2.45, 2.75) is 0 Å². The molecule has 0 saturated heterocycles. The molecule has 0 saturated carbocycles. The van der Waals surface area contributed by atoms with Gasteiger partial charge in [-0.25, -0.2) is 8.78 Å². The van der Waals surface area contributed by atoms with E-state index in [0.717, 1.165) is 18.2 Å². The lowest BCUT2D eigenvalue weighted by atomic mass is 10.1. The predicted molar refractivity (Wildman–Crippen MR) is 99.4 cm³/mol. The Morgan fingerprint density at radius 2 is 1.97 bits per heavy atom. The molecule has 2 aromatic carbocycles. The molecule has 29 heavy (non-hydrogen) atoms. The predicted octanol–water partition coefficient (Wildman–Crippen LogP) is 4.68. The quantitative estimate of drug-likeness (QED) is 0.292. The van der Waals surface area contributed by atoms with Crippen molar-refractivity contribution in [1.29, 1.82) is 5.26 Å². The average Bonchev–Trinajstić information content (AvgIpc) is 3.17. The van der Waals surface area contributed by atoms with Gasteiger partial charge in [0.2, 0.25) is 0 Å². The number of hydrogen-bond donors (Lipinski definition) is 1. The highest BCUT2D eigenvalue weighted by Crippen LogP contribution is 2.26. The zero-order valence-corrected chi connectivity index (χ0v) is 14.6. The van der Waals surface area contributed by atoms with Crippen LogP contribution in [0.3, 0.4) is 0 Å². The summed E-state index contributed by atoms with van der Waals surface area (Å²) >= 11 is 0. The number of carbonyl (C=O) groups is 1. The van der Waals surface area contributed by atoms with Gasteiger partial charge in [-0.2, -0.15) is 5.26 Å². The molecule has 0 fully saturated rings. The van der Waals surface area contributed by atoms with Crippen molar-refractivity contribution >= 4 is 23.4 Å². The third-order valence-electron chi connectivity index (χ3n) is 3.80. The molecular formula is C20H11F2N3O4. The van der Waals surface area contributed by atoms with E-state index < -0.39 is 22.5 Å². The fourth-order valence-corrected chi connectivity index (χ4v) is 2.43. The second-order valence-corrected chi connectivity index (χ2v) is 5.76. The number of halogens is 2. The van der Waals surface area contributed by atoms with E-state index in [1.54, 1.807) is 12.1 Å². The Balaban J connectivity index is 1.83. The van der Waals surface area contributed by atoms with Gasteiger partial charge in [0.15, 0.2) is 0 Å². The molecule has 0 aliphatic rings. The first-order valence-corrected chi connectivity index (χ1v) is 8.10. The molecule has 0 spiro atoms. The van der Waals surface area contributed by atoms with Gasteiger partial charge in [0.05, 0.1) is 10.6 Å². The van der Waals surface area contributed by atoms with E-state index in [1.165, 1.54) is 30.3 Å². The van der Waals surface area contributed by atoms with Crippen LogP contribution in [0, 0.1) is 33.1 Å². The zero-order valence-electron chi connectivity index (χ0n) is 14.6. The number of nitro groups is 1. The molecule has 1 N–H and O–H groups in total. The summed E-state index contributed by atoms with van der Waals surface area (Å²) in [6.07, 6.45) is 1.14. The van der Waals surface area contributed by atoms with E-state index in [-0.39, 0.29) is 22.7 Å². The minimum atomic E-state index is -0.985. The van der Waals surface area contributed by atoms with Crippen LogP contribution in [-0.4, -0.2) is 10.8 Å². The van der Waals surface area contributed by atoms with Crippen LogP contribution >= 0.6 is 0 Å². The summed E-state index contributed by atoms with van der Waals surface area (Å²) in [5, 5.41) is 22.3. The highest BCUT2D eigenvalue weighted by molar-refractivity contribution is 6.09. The van der Waals surface area contributed by atoms with Crippen LogP contribution in [0.1, 0.15) is 5.76 Å². The average molecular weight is 395 g/mol.